The van der Waals surface area contributed by atoms with Crippen LogP contribution >= 0.6 is 0 Å². The van der Waals surface area contributed by atoms with Crippen LogP contribution in [0.4, 0.5) is 26.3 Å². The Bertz CT molecular complexity index is 848. The van der Waals surface area contributed by atoms with Gasteiger partial charge in [-0.1, -0.05) is 0 Å². The molecule has 0 aliphatic carbocycles. The number of carboxylic acid groups (broad SMARTS) is 2. The average molecular weight is 563 g/mol. The smallest absolute Gasteiger partial charge is 0.475 e. The Hall–Kier alpha value is -2.39. The van der Waals surface area contributed by atoms with E-state index < -0.39 is 24.3 Å². The van der Waals surface area contributed by atoms with Gasteiger partial charge in [-0.2, -0.15) is 31.4 Å². The number of nitrogens with zero attached hydrogens (tertiary/aromatic N) is 4. The van der Waals surface area contributed by atoms with Gasteiger partial charge in [0.1, 0.15) is 0 Å². The first-order valence-electron chi connectivity index (χ1n) is 12.0. The highest BCUT2D eigenvalue weighted by molar-refractivity contribution is 5.73. The van der Waals surface area contributed by atoms with Crippen molar-refractivity contribution in [3.8, 4) is 0 Å². The largest absolute Gasteiger partial charge is 0.490 e. The van der Waals surface area contributed by atoms with Gasteiger partial charge in [-0.25, -0.2) is 9.59 Å². The molecule has 220 valence electrons. The quantitative estimate of drug-likeness (QED) is 0.522. The summed E-state index contributed by atoms with van der Waals surface area (Å²) in [7, 11) is 4.19. The van der Waals surface area contributed by atoms with Gasteiger partial charge in [-0.05, 0) is 65.1 Å². The second-order valence-electron chi connectivity index (χ2n) is 9.91. The van der Waals surface area contributed by atoms with Crippen LogP contribution in [-0.2, 0) is 27.9 Å². The summed E-state index contributed by atoms with van der Waals surface area (Å²) in [5.41, 5.74) is 1.77. The first kappa shape index (κ1) is 33.6. The molecule has 1 atom stereocenters. The number of carbonyl (C=O) groups is 2. The van der Waals surface area contributed by atoms with E-state index in [1.54, 1.807) is 0 Å². The number of halogens is 6. The van der Waals surface area contributed by atoms with E-state index in [0.717, 1.165) is 19.7 Å². The van der Waals surface area contributed by atoms with Crippen molar-refractivity contribution in [2.24, 2.45) is 12.5 Å². The summed E-state index contributed by atoms with van der Waals surface area (Å²) < 4.78 is 71.6. The Morgan fingerprint density at radius 2 is 1.61 bits per heavy atom. The summed E-state index contributed by atoms with van der Waals surface area (Å²) in [6.45, 7) is 9.95. The number of ether oxygens (including phenoxy) is 1. The molecule has 1 aromatic heterocycles. The highest BCUT2D eigenvalue weighted by Gasteiger charge is 2.40. The van der Waals surface area contributed by atoms with Gasteiger partial charge in [0.15, 0.2) is 0 Å². The van der Waals surface area contributed by atoms with Gasteiger partial charge in [-0.3, -0.25) is 9.58 Å². The van der Waals surface area contributed by atoms with Gasteiger partial charge in [0.2, 0.25) is 0 Å². The number of carboxylic acids is 2. The molecule has 0 saturated carbocycles. The Morgan fingerprint density at radius 3 is 1.95 bits per heavy atom. The summed E-state index contributed by atoms with van der Waals surface area (Å²) in [4.78, 5) is 22.8. The molecule has 1 aromatic rings. The molecule has 1 spiro atoms. The molecule has 0 bridgehead atoms. The Labute approximate surface area is 217 Å². The molecule has 3 heterocycles. The minimum absolute atomic E-state index is 0.427. The van der Waals surface area contributed by atoms with E-state index in [1.807, 2.05) is 17.9 Å². The number of likely N-dealkylation sites (N-methyl/N-ethyl adjacent to an activating group) is 1. The number of aromatic nitrogens is 2. The van der Waals surface area contributed by atoms with Crippen molar-refractivity contribution in [2.45, 2.75) is 70.6 Å². The van der Waals surface area contributed by atoms with E-state index in [4.69, 9.17) is 24.5 Å². The number of alkyl halides is 6. The van der Waals surface area contributed by atoms with Crippen LogP contribution < -0.4 is 0 Å². The number of aryl methyl sites for hydroxylation is 1. The van der Waals surface area contributed by atoms with Gasteiger partial charge in [0.25, 0.3) is 0 Å². The van der Waals surface area contributed by atoms with Gasteiger partial charge in [0, 0.05) is 37.9 Å². The fourth-order valence-electron chi connectivity index (χ4n) is 3.98. The van der Waals surface area contributed by atoms with Gasteiger partial charge < -0.3 is 19.8 Å². The topological polar surface area (TPSA) is 108 Å². The minimum Gasteiger partial charge on any atom is -0.475 e. The molecule has 0 aromatic carbocycles. The van der Waals surface area contributed by atoms with E-state index in [0.29, 0.717) is 17.6 Å². The summed E-state index contributed by atoms with van der Waals surface area (Å²) >= 11 is 0. The van der Waals surface area contributed by atoms with Crippen LogP contribution in [0, 0.1) is 5.41 Å². The zero-order valence-electron chi connectivity index (χ0n) is 21.8. The van der Waals surface area contributed by atoms with Crippen molar-refractivity contribution in [3.63, 3.8) is 0 Å². The number of hydrogen-bond donors (Lipinski definition) is 2. The SMILES string of the molecule is CC(C)N(C)CC1CCC2(CCN(Cc3cnn(C)c3)CC2)CO1.O=C(O)C(F)(F)F.O=C(O)C(F)(F)F. The molecule has 2 fully saturated rings. The fraction of sp³-hybridized carbons (Fsp3) is 0.783. The first-order chi connectivity index (χ1) is 17.3. The molecule has 38 heavy (non-hydrogen) atoms. The lowest BCUT2D eigenvalue weighted by atomic mass is 9.73. The van der Waals surface area contributed by atoms with E-state index in [-0.39, 0.29) is 0 Å². The van der Waals surface area contributed by atoms with Crippen molar-refractivity contribution < 1.29 is 50.9 Å². The third-order valence-electron chi connectivity index (χ3n) is 6.56. The molecule has 2 N–H and O–H groups in total. The van der Waals surface area contributed by atoms with Crippen LogP contribution in [0.2, 0.25) is 0 Å². The van der Waals surface area contributed by atoms with Crippen molar-refractivity contribution >= 4 is 11.9 Å². The van der Waals surface area contributed by atoms with E-state index in [1.165, 1.54) is 44.3 Å². The fourth-order valence-corrected chi connectivity index (χ4v) is 3.98. The zero-order chi connectivity index (χ0) is 29.3. The molecule has 3 rings (SSSR count). The number of rotatable bonds is 5. The highest BCUT2D eigenvalue weighted by Crippen LogP contribution is 2.40. The van der Waals surface area contributed by atoms with Gasteiger partial charge >= 0.3 is 24.3 Å². The molecule has 0 amide bonds. The van der Waals surface area contributed by atoms with Crippen LogP contribution in [-0.4, -0.2) is 99.5 Å². The van der Waals surface area contributed by atoms with Crippen molar-refractivity contribution in [2.75, 3.05) is 33.3 Å². The number of piperidine rings is 1. The third kappa shape index (κ3) is 12.0. The molecule has 2 aliphatic heterocycles. The predicted octanol–water partition coefficient (Wildman–Crippen LogP) is 3.79. The Kier molecular flexibility index (Phi) is 12.5. The Morgan fingerprint density at radius 1 is 1.11 bits per heavy atom. The van der Waals surface area contributed by atoms with Crippen LogP contribution in [0.1, 0.15) is 45.1 Å². The van der Waals surface area contributed by atoms with E-state index in [2.05, 4.69) is 42.0 Å². The van der Waals surface area contributed by atoms with Crippen LogP contribution in [0.15, 0.2) is 12.4 Å². The van der Waals surface area contributed by atoms with Crippen LogP contribution in [0.25, 0.3) is 0 Å². The summed E-state index contributed by atoms with van der Waals surface area (Å²) in [6.07, 6.45) is -0.505. The highest BCUT2D eigenvalue weighted by atomic mass is 19.4. The molecular weight excluding hydrogens is 526 g/mol. The maximum absolute atomic E-state index is 10.6. The number of aliphatic carboxylic acids is 2. The number of hydrogen-bond acceptors (Lipinski definition) is 6. The summed E-state index contributed by atoms with van der Waals surface area (Å²) in [6, 6.07) is 0.597. The number of likely N-dealkylation sites (tertiary alicyclic amines) is 1. The molecule has 0 radical (unpaired) electrons. The lowest BCUT2D eigenvalue weighted by Crippen LogP contribution is -2.47. The molecule has 1 unspecified atom stereocenters. The van der Waals surface area contributed by atoms with Gasteiger partial charge in [0.05, 0.1) is 18.9 Å². The van der Waals surface area contributed by atoms with Crippen molar-refractivity contribution in [1.29, 1.82) is 0 Å². The lowest BCUT2D eigenvalue weighted by Gasteiger charge is -2.46. The Balaban J connectivity index is 0.000000426. The first-order valence-corrected chi connectivity index (χ1v) is 12.0. The van der Waals surface area contributed by atoms with E-state index in [9.17, 15) is 26.3 Å². The molecule has 9 nitrogen and oxygen atoms in total. The zero-order valence-corrected chi connectivity index (χ0v) is 21.8. The minimum atomic E-state index is -5.08. The maximum atomic E-state index is 10.6. The second-order valence-corrected chi connectivity index (χ2v) is 9.91. The second kappa shape index (κ2) is 14.1. The molecule has 2 saturated heterocycles. The summed E-state index contributed by atoms with van der Waals surface area (Å²) in [5.74, 6) is -5.51. The van der Waals surface area contributed by atoms with Gasteiger partial charge in [-0.15, -0.1) is 0 Å². The van der Waals surface area contributed by atoms with Crippen molar-refractivity contribution in [1.82, 2.24) is 19.6 Å². The standard InChI is InChI=1S/C19H34N4O.2C2HF3O2/c1-16(2)21(3)14-18-5-6-19(15-24-18)7-9-23(10-8-19)13-17-11-20-22(4)12-17;2*3-2(4,5)1(6)7/h11-12,16,18H,5-10,13-15H2,1-4H3;2*(H,6,7). The molecule has 2 aliphatic rings. The average Bonchev–Trinajstić information content (AvgIpc) is 3.21. The monoisotopic (exact) mass is 562 g/mol. The summed E-state index contributed by atoms with van der Waals surface area (Å²) in [5, 5.41) is 18.5. The predicted molar refractivity (Wildman–Crippen MR) is 124 cm³/mol. The molecule has 15 heteroatoms. The maximum Gasteiger partial charge on any atom is 0.490 e. The van der Waals surface area contributed by atoms with E-state index >= 15 is 0 Å². The normalized spacial score (nSPS) is 19.9. The van der Waals surface area contributed by atoms with Crippen LogP contribution in [0.5, 0.6) is 0 Å². The lowest BCUT2D eigenvalue weighted by molar-refractivity contribution is -0.193. The molecular formula is C23H36F6N4O5. The third-order valence-corrected chi connectivity index (χ3v) is 6.56. The van der Waals surface area contributed by atoms with Crippen LogP contribution in [0.3, 0.4) is 0 Å². The van der Waals surface area contributed by atoms with Crippen molar-refractivity contribution in [3.05, 3.63) is 18.0 Å².